The van der Waals surface area contributed by atoms with Gasteiger partial charge in [0.25, 0.3) is 5.91 Å². The average Bonchev–Trinajstić information content (AvgIpc) is 2.69. The van der Waals surface area contributed by atoms with Crippen LogP contribution >= 0.6 is 11.6 Å². The van der Waals surface area contributed by atoms with E-state index < -0.39 is 17.8 Å². The van der Waals surface area contributed by atoms with Crippen LogP contribution in [-0.2, 0) is 11.2 Å². The molecule has 0 atom stereocenters. The maximum absolute atomic E-state index is 12.0. The van der Waals surface area contributed by atoms with Crippen LogP contribution in [0.5, 0.6) is 11.5 Å². The van der Waals surface area contributed by atoms with Gasteiger partial charge in [0, 0.05) is 17.3 Å². The molecule has 0 saturated carbocycles. The summed E-state index contributed by atoms with van der Waals surface area (Å²) in [6.45, 7) is 3.91. The number of ether oxygens (including phenoxy) is 1. The topological polar surface area (TPSA) is 127 Å². The van der Waals surface area contributed by atoms with Gasteiger partial charge in [-0.3, -0.25) is 9.78 Å². The summed E-state index contributed by atoms with van der Waals surface area (Å²) in [6.07, 6.45) is 0.774. The second-order valence-corrected chi connectivity index (χ2v) is 6.85. The Kier molecular flexibility index (Phi) is 6.17. The Labute approximate surface area is 177 Å². The number of carbonyl (C=O) groups is 2. The molecule has 154 valence electrons. The number of anilines is 1. The van der Waals surface area contributed by atoms with Crippen molar-refractivity contribution in [2.75, 3.05) is 5.32 Å². The van der Waals surface area contributed by atoms with Crippen LogP contribution in [-0.4, -0.2) is 27.9 Å². The molecule has 0 unspecified atom stereocenters. The highest BCUT2D eigenvalue weighted by Gasteiger charge is 2.15. The number of carboxylic acid groups (broad SMARTS) is 1. The van der Waals surface area contributed by atoms with E-state index in [2.05, 4.69) is 15.3 Å². The molecule has 4 N–H and O–H groups in total. The lowest BCUT2D eigenvalue weighted by Gasteiger charge is -2.15. The number of nitrogens with two attached hydrogens (primary N) is 1. The van der Waals surface area contributed by atoms with Crippen LogP contribution < -0.4 is 15.8 Å². The molecule has 2 amide bonds. The fourth-order valence-corrected chi connectivity index (χ4v) is 3.17. The smallest absolute Gasteiger partial charge is 0.433 e. The highest BCUT2D eigenvalue weighted by atomic mass is 35.5. The van der Waals surface area contributed by atoms with Crippen LogP contribution in [0.15, 0.2) is 47.6 Å². The van der Waals surface area contributed by atoms with E-state index in [0.717, 1.165) is 22.0 Å². The van der Waals surface area contributed by atoms with E-state index in [1.54, 1.807) is 12.3 Å². The van der Waals surface area contributed by atoms with Gasteiger partial charge in [-0.1, -0.05) is 18.5 Å². The molecule has 8 nitrogen and oxygen atoms in total. The van der Waals surface area contributed by atoms with Crippen molar-refractivity contribution in [2.24, 2.45) is 10.7 Å². The summed E-state index contributed by atoms with van der Waals surface area (Å²) in [5.74, 6) is -0.450. The fourth-order valence-electron chi connectivity index (χ4n) is 2.89. The van der Waals surface area contributed by atoms with Crippen molar-refractivity contribution < 1.29 is 19.4 Å². The molecule has 0 aliphatic rings. The van der Waals surface area contributed by atoms with Crippen LogP contribution in [0.2, 0.25) is 5.02 Å². The van der Waals surface area contributed by atoms with Crippen molar-refractivity contribution in [3.05, 3.63) is 58.7 Å². The van der Waals surface area contributed by atoms with Crippen molar-refractivity contribution >= 4 is 46.0 Å². The summed E-state index contributed by atoms with van der Waals surface area (Å²) < 4.78 is 6.06. The van der Waals surface area contributed by atoms with Gasteiger partial charge in [-0.25, -0.2) is 4.79 Å². The Morgan fingerprint density at radius 3 is 2.73 bits per heavy atom. The summed E-state index contributed by atoms with van der Waals surface area (Å²) in [7, 11) is 0. The second kappa shape index (κ2) is 8.79. The van der Waals surface area contributed by atoms with Crippen molar-refractivity contribution in [3.8, 4) is 11.5 Å². The molecule has 0 saturated heterocycles. The first-order valence-corrected chi connectivity index (χ1v) is 9.40. The number of rotatable bonds is 4. The van der Waals surface area contributed by atoms with Crippen LogP contribution in [0.4, 0.5) is 10.5 Å². The number of aromatic nitrogens is 1. The van der Waals surface area contributed by atoms with E-state index in [9.17, 15) is 9.59 Å². The number of carbonyl (C=O) groups excluding carboxylic acids is 1. The predicted octanol–water partition coefficient (Wildman–Crippen LogP) is 4.53. The standard InChI is InChI=1S/C21H19ClN4O4/c1-3-12-8-13(25-20(27)19(23)26-21(28)29)9-16(22)18(12)30-14-4-5-17-15(10-14)11(2)6-7-24-17/h4-10H,3H2,1-2H3,(H2,23,26)(H,25,27)(H,28,29). The van der Waals surface area contributed by atoms with Crippen molar-refractivity contribution in [1.82, 2.24) is 4.98 Å². The second-order valence-electron chi connectivity index (χ2n) is 6.44. The molecule has 0 aliphatic heterocycles. The number of benzene rings is 2. The summed E-state index contributed by atoms with van der Waals surface area (Å²) in [5, 5.41) is 12.3. The maximum atomic E-state index is 12.0. The first-order chi connectivity index (χ1) is 14.3. The lowest BCUT2D eigenvalue weighted by molar-refractivity contribution is -0.110. The summed E-state index contributed by atoms with van der Waals surface area (Å²) >= 11 is 6.42. The fraction of sp³-hybridized carbons (Fsp3) is 0.143. The zero-order chi connectivity index (χ0) is 21.8. The van der Waals surface area contributed by atoms with Gasteiger partial charge >= 0.3 is 6.09 Å². The van der Waals surface area contributed by atoms with Gasteiger partial charge < -0.3 is 20.9 Å². The largest absolute Gasteiger partial charge is 0.463 e. The first kappa shape index (κ1) is 21.1. The molecule has 3 rings (SSSR count). The number of hydrogen-bond acceptors (Lipinski definition) is 4. The van der Waals surface area contributed by atoms with Gasteiger partial charge in [-0.05, 0) is 60.9 Å². The summed E-state index contributed by atoms with van der Waals surface area (Å²) in [5.41, 5.74) is 8.39. The lowest BCUT2D eigenvalue weighted by atomic mass is 10.1. The zero-order valence-corrected chi connectivity index (χ0v) is 17.0. The molecule has 0 fully saturated rings. The summed E-state index contributed by atoms with van der Waals surface area (Å²) in [4.78, 5) is 29.8. The minimum atomic E-state index is -1.56. The van der Waals surface area contributed by atoms with Crippen LogP contribution in [0.1, 0.15) is 18.1 Å². The number of amidine groups is 1. The van der Waals surface area contributed by atoms with Crippen molar-refractivity contribution in [1.29, 1.82) is 0 Å². The van der Waals surface area contributed by atoms with Gasteiger partial charge in [0.15, 0.2) is 5.84 Å². The highest BCUT2D eigenvalue weighted by Crippen LogP contribution is 2.37. The third-order valence-corrected chi connectivity index (χ3v) is 4.64. The molecule has 0 bridgehead atoms. The molecular weight excluding hydrogens is 408 g/mol. The van der Waals surface area contributed by atoms with E-state index in [0.29, 0.717) is 23.6 Å². The molecule has 1 heterocycles. The number of amides is 2. The molecule has 0 radical (unpaired) electrons. The monoisotopic (exact) mass is 426 g/mol. The molecule has 1 aromatic heterocycles. The highest BCUT2D eigenvalue weighted by molar-refractivity contribution is 6.42. The van der Waals surface area contributed by atoms with Gasteiger partial charge in [-0.2, -0.15) is 4.99 Å². The summed E-state index contributed by atoms with van der Waals surface area (Å²) in [6, 6.07) is 10.7. The number of nitrogens with one attached hydrogen (secondary N) is 1. The number of aryl methyl sites for hydroxylation is 2. The van der Waals surface area contributed by atoms with Gasteiger partial charge in [0.1, 0.15) is 11.5 Å². The first-order valence-electron chi connectivity index (χ1n) is 9.02. The van der Waals surface area contributed by atoms with Gasteiger partial charge in [-0.15, -0.1) is 0 Å². The van der Waals surface area contributed by atoms with E-state index in [-0.39, 0.29) is 5.02 Å². The van der Waals surface area contributed by atoms with Gasteiger partial charge in [0.05, 0.1) is 10.5 Å². The Hall–Kier alpha value is -3.65. The number of pyridine rings is 1. The Bertz CT molecular complexity index is 1180. The van der Waals surface area contributed by atoms with Crippen LogP contribution in [0.3, 0.4) is 0 Å². The molecule has 0 aliphatic carbocycles. The normalized spacial score (nSPS) is 11.4. The minimum Gasteiger partial charge on any atom is -0.463 e. The zero-order valence-electron chi connectivity index (χ0n) is 16.3. The van der Waals surface area contributed by atoms with E-state index in [1.165, 1.54) is 6.07 Å². The number of nitrogens with zero attached hydrogens (tertiary/aromatic N) is 2. The van der Waals surface area contributed by atoms with E-state index in [4.69, 9.17) is 27.2 Å². The lowest BCUT2D eigenvalue weighted by Crippen LogP contribution is -2.31. The quantitative estimate of drug-likeness (QED) is 0.415. The van der Waals surface area contributed by atoms with Crippen LogP contribution in [0, 0.1) is 6.92 Å². The van der Waals surface area contributed by atoms with Crippen molar-refractivity contribution in [2.45, 2.75) is 20.3 Å². The van der Waals surface area contributed by atoms with E-state index in [1.807, 2.05) is 38.1 Å². The SMILES string of the molecule is CCc1cc(NC(=O)/C(N)=N/C(=O)O)cc(Cl)c1Oc1ccc2nccc(C)c2c1. The average molecular weight is 427 g/mol. The number of hydrogen-bond donors (Lipinski definition) is 3. The number of halogens is 1. The van der Waals surface area contributed by atoms with Crippen LogP contribution in [0.25, 0.3) is 10.9 Å². The van der Waals surface area contributed by atoms with Crippen molar-refractivity contribution in [3.63, 3.8) is 0 Å². The Morgan fingerprint density at radius 2 is 2.03 bits per heavy atom. The molecule has 2 aromatic carbocycles. The third-order valence-electron chi connectivity index (χ3n) is 4.36. The third kappa shape index (κ3) is 4.66. The van der Waals surface area contributed by atoms with Gasteiger partial charge in [0.2, 0.25) is 0 Å². The maximum Gasteiger partial charge on any atom is 0.433 e. The van der Waals surface area contributed by atoms with E-state index >= 15 is 0 Å². The molecule has 3 aromatic rings. The molecular formula is C21H19ClN4O4. The molecule has 30 heavy (non-hydrogen) atoms. The minimum absolute atomic E-state index is 0.279. The number of fused-ring (bicyclic) bond motifs is 1. The molecule has 0 spiro atoms. The predicted molar refractivity (Wildman–Crippen MR) is 116 cm³/mol. The Balaban J connectivity index is 1.90. The molecule has 9 heteroatoms. The number of aliphatic imine (C=N–C) groups is 1. The Morgan fingerprint density at radius 1 is 1.27 bits per heavy atom.